The first-order valence-corrected chi connectivity index (χ1v) is 3.41. The van der Waals surface area contributed by atoms with Crippen molar-refractivity contribution >= 4 is 24.8 Å². The van der Waals surface area contributed by atoms with Crippen molar-refractivity contribution in [1.82, 2.24) is 10.4 Å². The molecule has 0 atom stereocenters. The summed E-state index contributed by atoms with van der Waals surface area (Å²) in [5.41, 5.74) is 2.30. The Balaban J connectivity index is 0. The van der Waals surface area contributed by atoms with Gasteiger partial charge in [-0.1, -0.05) is 0 Å². The highest BCUT2D eigenvalue weighted by Crippen LogP contribution is 2.06. The summed E-state index contributed by atoms with van der Waals surface area (Å²) in [5.74, 6) is 0. The fourth-order valence-corrected chi connectivity index (χ4v) is 1.14. The van der Waals surface area contributed by atoms with E-state index >= 15 is 0 Å². The van der Waals surface area contributed by atoms with E-state index in [1.54, 1.807) is 0 Å². The maximum Gasteiger partial charge on any atom is 0.0344 e. The third-order valence-electron chi connectivity index (χ3n) is 1.90. The van der Waals surface area contributed by atoms with Crippen molar-refractivity contribution in [3.63, 3.8) is 0 Å². The molecule has 5 heteroatoms. The van der Waals surface area contributed by atoms with Crippen LogP contribution < -0.4 is 5.48 Å². The summed E-state index contributed by atoms with van der Waals surface area (Å²) in [7, 11) is 2.10. The Hall–Kier alpha value is 0.460. The van der Waals surface area contributed by atoms with Gasteiger partial charge in [0.25, 0.3) is 0 Å². The summed E-state index contributed by atoms with van der Waals surface area (Å²) >= 11 is 0. The minimum absolute atomic E-state index is 0. The normalized spacial score (nSPS) is 20.2. The molecule has 0 bridgehead atoms. The summed E-state index contributed by atoms with van der Waals surface area (Å²) in [6, 6.07) is 0.334. The quantitative estimate of drug-likeness (QED) is 0.621. The molecule has 3 nitrogen and oxygen atoms in total. The molecule has 0 aromatic heterocycles. The predicted octanol–water partition coefficient (Wildman–Crippen LogP) is 0.903. The summed E-state index contributed by atoms with van der Waals surface area (Å²) in [5, 5.41) is 8.51. The van der Waals surface area contributed by atoms with E-state index in [0.717, 1.165) is 25.9 Å². The number of piperidine rings is 1. The van der Waals surface area contributed by atoms with Gasteiger partial charge in [-0.3, -0.25) is 0 Å². The summed E-state index contributed by atoms with van der Waals surface area (Å²) in [4.78, 5) is 2.27. The maximum atomic E-state index is 8.51. The van der Waals surface area contributed by atoms with Gasteiger partial charge in [0.05, 0.1) is 0 Å². The Morgan fingerprint density at radius 1 is 1.27 bits per heavy atom. The van der Waals surface area contributed by atoms with Gasteiger partial charge in [-0.05, 0) is 33.0 Å². The number of halogens is 2. The van der Waals surface area contributed by atoms with E-state index in [1.165, 1.54) is 0 Å². The average Bonchev–Trinajstić information content (AvgIpc) is 1.90. The third-order valence-corrected chi connectivity index (χ3v) is 1.90. The smallest absolute Gasteiger partial charge is 0.0344 e. The van der Waals surface area contributed by atoms with Gasteiger partial charge in [0.15, 0.2) is 0 Å². The van der Waals surface area contributed by atoms with E-state index in [-0.39, 0.29) is 24.8 Å². The zero-order chi connectivity index (χ0) is 6.69. The van der Waals surface area contributed by atoms with Crippen LogP contribution in [-0.4, -0.2) is 36.3 Å². The van der Waals surface area contributed by atoms with Crippen LogP contribution in [0.1, 0.15) is 12.8 Å². The minimum atomic E-state index is 0. The van der Waals surface area contributed by atoms with Gasteiger partial charge in [-0.25, -0.2) is 5.48 Å². The lowest BCUT2D eigenvalue weighted by Crippen LogP contribution is -2.39. The number of likely N-dealkylation sites (tertiary alicyclic amines) is 1. The zero-order valence-corrected chi connectivity index (χ0v) is 8.25. The van der Waals surface area contributed by atoms with Crippen LogP contribution in [-0.2, 0) is 0 Å². The lowest BCUT2D eigenvalue weighted by atomic mass is 10.1. The van der Waals surface area contributed by atoms with Gasteiger partial charge < -0.3 is 10.1 Å². The van der Waals surface area contributed by atoms with Gasteiger partial charge in [-0.2, -0.15) is 0 Å². The third kappa shape index (κ3) is 4.82. The molecular weight excluding hydrogens is 187 g/mol. The first-order chi connectivity index (χ1) is 4.33. The van der Waals surface area contributed by atoms with Crippen LogP contribution in [0.15, 0.2) is 0 Å². The van der Waals surface area contributed by atoms with E-state index in [1.807, 2.05) is 0 Å². The van der Waals surface area contributed by atoms with Crippen LogP contribution in [0.25, 0.3) is 0 Å². The summed E-state index contributed by atoms with van der Waals surface area (Å²) in [6.07, 6.45) is 2.12. The monoisotopic (exact) mass is 202 g/mol. The average molecular weight is 203 g/mol. The maximum absolute atomic E-state index is 8.51. The van der Waals surface area contributed by atoms with Crippen LogP contribution in [0.3, 0.4) is 0 Å². The highest BCUT2D eigenvalue weighted by atomic mass is 35.5. The van der Waals surface area contributed by atoms with Crippen molar-refractivity contribution in [1.29, 1.82) is 0 Å². The van der Waals surface area contributed by atoms with Crippen molar-refractivity contribution in [2.45, 2.75) is 18.9 Å². The van der Waals surface area contributed by atoms with Crippen LogP contribution >= 0.6 is 24.8 Å². The van der Waals surface area contributed by atoms with Crippen molar-refractivity contribution in [2.24, 2.45) is 0 Å². The lowest BCUT2D eigenvalue weighted by Gasteiger charge is -2.27. The van der Waals surface area contributed by atoms with E-state index in [0.29, 0.717) is 6.04 Å². The highest BCUT2D eigenvalue weighted by Gasteiger charge is 2.14. The minimum Gasteiger partial charge on any atom is -0.317 e. The number of hydrogen-bond acceptors (Lipinski definition) is 3. The van der Waals surface area contributed by atoms with E-state index in [9.17, 15) is 0 Å². The van der Waals surface area contributed by atoms with Gasteiger partial charge in [0.1, 0.15) is 0 Å². The molecule has 1 heterocycles. The van der Waals surface area contributed by atoms with Gasteiger partial charge in [0.2, 0.25) is 0 Å². The molecule has 0 unspecified atom stereocenters. The molecule has 1 saturated heterocycles. The summed E-state index contributed by atoms with van der Waals surface area (Å²) in [6.45, 7) is 2.19. The topological polar surface area (TPSA) is 35.5 Å². The molecule has 0 radical (unpaired) electrons. The van der Waals surface area contributed by atoms with Crippen molar-refractivity contribution in [3.8, 4) is 0 Å². The van der Waals surface area contributed by atoms with Crippen LogP contribution in [0.2, 0.25) is 0 Å². The zero-order valence-electron chi connectivity index (χ0n) is 6.62. The molecule has 0 aromatic carbocycles. The molecular formula is C6H16Cl2N2O. The molecule has 0 aliphatic carbocycles. The Morgan fingerprint density at radius 2 is 1.73 bits per heavy atom. The second kappa shape index (κ2) is 7.13. The Morgan fingerprint density at radius 3 is 2.09 bits per heavy atom. The standard InChI is InChI=1S/C6H14N2O.2ClH/c1-8-4-2-6(7-9)3-5-8;;/h6-7,9H,2-5H2,1H3;2*1H. The number of hydroxylamine groups is 1. The first-order valence-electron chi connectivity index (χ1n) is 3.41. The molecule has 1 rings (SSSR count). The fraction of sp³-hybridized carbons (Fsp3) is 1.00. The number of hydrogen-bond donors (Lipinski definition) is 2. The van der Waals surface area contributed by atoms with Gasteiger partial charge in [0, 0.05) is 6.04 Å². The second-order valence-corrected chi connectivity index (χ2v) is 2.71. The van der Waals surface area contributed by atoms with E-state index in [4.69, 9.17) is 5.21 Å². The van der Waals surface area contributed by atoms with Crippen molar-refractivity contribution < 1.29 is 5.21 Å². The van der Waals surface area contributed by atoms with Crippen LogP contribution in [0, 0.1) is 0 Å². The molecule has 0 saturated carbocycles. The van der Waals surface area contributed by atoms with E-state index in [2.05, 4.69) is 17.4 Å². The molecule has 1 aliphatic heterocycles. The Bertz CT molecular complexity index is 86.7. The van der Waals surface area contributed by atoms with Crippen molar-refractivity contribution in [3.05, 3.63) is 0 Å². The number of rotatable bonds is 1. The SMILES string of the molecule is CN1CCC(NO)CC1.Cl.Cl. The Kier molecular flexibility index (Phi) is 9.08. The number of nitrogens with zero attached hydrogens (tertiary/aromatic N) is 1. The van der Waals surface area contributed by atoms with Crippen molar-refractivity contribution in [2.75, 3.05) is 20.1 Å². The second-order valence-electron chi connectivity index (χ2n) is 2.71. The summed E-state index contributed by atoms with van der Waals surface area (Å²) < 4.78 is 0. The molecule has 0 spiro atoms. The molecule has 11 heavy (non-hydrogen) atoms. The first kappa shape index (κ1) is 14.0. The molecule has 2 N–H and O–H groups in total. The lowest BCUT2D eigenvalue weighted by molar-refractivity contribution is 0.0896. The Labute approximate surface area is 79.9 Å². The van der Waals surface area contributed by atoms with Crippen LogP contribution in [0.5, 0.6) is 0 Å². The van der Waals surface area contributed by atoms with E-state index < -0.39 is 0 Å². The highest BCUT2D eigenvalue weighted by molar-refractivity contribution is 5.85. The molecule has 1 aliphatic rings. The largest absolute Gasteiger partial charge is 0.317 e. The van der Waals surface area contributed by atoms with Gasteiger partial charge in [-0.15, -0.1) is 24.8 Å². The molecule has 70 valence electrons. The van der Waals surface area contributed by atoms with Crippen LogP contribution in [0.4, 0.5) is 0 Å². The molecule has 1 fully saturated rings. The fourth-order valence-electron chi connectivity index (χ4n) is 1.14. The predicted molar refractivity (Wildman–Crippen MR) is 49.9 cm³/mol. The number of nitrogens with one attached hydrogen (secondary N) is 1. The molecule has 0 amide bonds. The van der Waals surface area contributed by atoms with Gasteiger partial charge >= 0.3 is 0 Å². The molecule has 0 aromatic rings.